The van der Waals surface area contributed by atoms with Gasteiger partial charge in [0.2, 0.25) is 0 Å². The van der Waals surface area contributed by atoms with E-state index in [0.717, 1.165) is 25.1 Å². The summed E-state index contributed by atoms with van der Waals surface area (Å²) in [4.78, 5) is 9.60. The highest BCUT2D eigenvalue weighted by atomic mass is 19.1. The molecular weight excluding hydrogens is 285 g/mol. The maximum Gasteiger partial charge on any atom is 0.293 e. The Morgan fingerprint density at radius 1 is 1.36 bits per heavy atom. The van der Waals surface area contributed by atoms with E-state index in [4.69, 9.17) is 0 Å². The number of piperidine rings is 1. The predicted molar refractivity (Wildman–Crippen MR) is 84.1 cm³/mol. The molecule has 0 bridgehead atoms. The van der Waals surface area contributed by atoms with Crippen molar-refractivity contribution in [2.75, 3.05) is 19.7 Å². The molecule has 4 nitrogen and oxygen atoms in total. The van der Waals surface area contributed by atoms with Crippen LogP contribution in [0.5, 0.6) is 0 Å². The third kappa shape index (κ3) is 6.54. The molecule has 1 fully saturated rings. The van der Waals surface area contributed by atoms with E-state index >= 15 is 0 Å². The molecule has 2 rings (SSSR count). The Kier molecular flexibility index (Phi) is 7.48. The first-order chi connectivity index (χ1) is 10.4. The Morgan fingerprint density at radius 3 is 2.45 bits per heavy atom. The minimum Gasteiger partial charge on any atom is -0.462 e. The predicted octanol–water partition coefficient (Wildman–Crippen LogP) is 2.47. The third-order valence-electron chi connectivity index (χ3n) is 3.56. The standard InChI is InChI=1S/C12H16FNO.C5H10O2/c13-11-3-1-9(2-4-11)12-7-14-6-5-10(12)8-15;1-5(2,3)7-4-6/h1-4,10,12,14-15H,5-8H2;4H,1-3H3. The number of ether oxygens (including phenoxy) is 1. The first kappa shape index (κ1) is 18.6. The third-order valence-corrected chi connectivity index (χ3v) is 3.56. The van der Waals surface area contributed by atoms with E-state index in [0.29, 0.717) is 18.3 Å². The largest absolute Gasteiger partial charge is 0.462 e. The summed E-state index contributed by atoms with van der Waals surface area (Å²) in [5.41, 5.74) is 0.796. The molecule has 1 aliphatic rings. The smallest absolute Gasteiger partial charge is 0.293 e. The number of hydrogen-bond donors (Lipinski definition) is 2. The van der Waals surface area contributed by atoms with Crippen LogP contribution in [0.15, 0.2) is 24.3 Å². The normalized spacial score (nSPS) is 21.5. The molecule has 124 valence electrons. The molecule has 1 heterocycles. The van der Waals surface area contributed by atoms with Crippen molar-refractivity contribution < 1.29 is 19.0 Å². The zero-order valence-corrected chi connectivity index (χ0v) is 13.5. The summed E-state index contributed by atoms with van der Waals surface area (Å²) >= 11 is 0. The van der Waals surface area contributed by atoms with Gasteiger partial charge in [-0.25, -0.2) is 4.39 Å². The number of nitrogens with one attached hydrogen (secondary N) is 1. The van der Waals surface area contributed by atoms with E-state index in [1.165, 1.54) is 12.1 Å². The molecule has 2 atom stereocenters. The van der Waals surface area contributed by atoms with E-state index in [-0.39, 0.29) is 18.0 Å². The Labute approximate surface area is 131 Å². The van der Waals surface area contributed by atoms with Crippen molar-refractivity contribution in [2.45, 2.75) is 38.7 Å². The molecule has 0 amide bonds. The van der Waals surface area contributed by atoms with E-state index in [2.05, 4.69) is 10.1 Å². The summed E-state index contributed by atoms with van der Waals surface area (Å²) in [7, 11) is 0. The first-order valence-corrected chi connectivity index (χ1v) is 7.56. The van der Waals surface area contributed by atoms with Crippen molar-refractivity contribution in [3.05, 3.63) is 35.6 Å². The van der Waals surface area contributed by atoms with Crippen molar-refractivity contribution in [1.29, 1.82) is 0 Å². The van der Waals surface area contributed by atoms with Crippen molar-refractivity contribution in [3.8, 4) is 0 Å². The molecule has 2 unspecified atom stereocenters. The topological polar surface area (TPSA) is 58.6 Å². The molecule has 1 aromatic rings. The van der Waals surface area contributed by atoms with Gasteiger partial charge in [0.15, 0.2) is 0 Å². The number of rotatable bonds is 3. The van der Waals surface area contributed by atoms with Gasteiger partial charge in [-0.1, -0.05) is 12.1 Å². The SMILES string of the molecule is CC(C)(C)OC=O.OCC1CCNCC1c1ccc(F)cc1. The van der Waals surface area contributed by atoms with Crippen molar-refractivity contribution >= 4 is 6.47 Å². The molecule has 0 radical (unpaired) electrons. The summed E-state index contributed by atoms with van der Waals surface area (Å²) < 4.78 is 17.3. The van der Waals surface area contributed by atoms with Gasteiger partial charge in [-0.05, 0) is 57.4 Å². The fourth-order valence-corrected chi connectivity index (χ4v) is 2.38. The average Bonchev–Trinajstić information content (AvgIpc) is 2.47. The van der Waals surface area contributed by atoms with Crippen molar-refractivity contribution in [2.24, 2.45) is 5.92 Å². The number of carbonyl (C=O) groups is 1. The van der Waals surface area contributed by atoms with Gasteiger partial charge in [0.25, 0.3) is 6.47 Å². The van der Waals surface area contributed by atoms with Crippen LogP contribution in [-0.2, 0) is 9.53 Å². The van der Waals surface area contributed by atoms with Crippen LogP contribution < -0.4 is 5.32 Å². The van der Waals surface area contributed by atoms with Crippen LogP contribution in [0, 0.1) is 11.7 Å². The zero-order chi connectivity index (χ0) is 16.6. The second-order valence-corrected chi connectivity index (χ2v) is 6.42. The highest BCUT2D eigenvalue weighted by Gasteiger charge is 2.25. The Hall–Kier alpha value is -1.46. The van der Waals surface area contributed by atoms with Gasteiger partial charge in [0, 0.05) is 19.1 Å². The molecular formula is C17H26FNO3. The van der Waals surface area contributed by atoms with E-state index < -0.39 is 0 Å². The number of aliphatic hydroxyl groups excluding tert-OH is 1. The van der Waals surface area contributed by atoms with Gasteiger partial charge in [-0.2, -0.15) is 0 Å². The summed E-state index contributed by atoms with van der Waals surface area (Å²) in [5, 5.41) is 12.6. The van der Waals surface area contributed by atoms with E-state index in [1.54, 1.807) is 0 Å². The summed E-state index contributed by atoms with van der Waals surface area (Å²) in [5.74, 6) is 0.407. The molecule has 0 saturated carbocycles. The second kappa shape index (κ2) is 8.86. The molecule has 0 aromatic heterocycles. The van der Waals surface area contributed by atoms with Crippen LogP contribution in [-0.4, -0.2) is 36.9 Å². The lowest BCUT2D eigenvalue weighted by atomic mass is 9.82. The van der Waals surface area contributed by atoms with Gasteiger partial charge in [0.1, 0.15) is 11.4 Å². The van der Waals surface area contributed by atoms with Gasteiger partial charge in [-0.15, -0.1) is 0 Å². The Balaban J connectivity index is 0.000000295. The average molecular weight is 311 g/mol. The fourth-order valence-electron chi connectivity index (χ4n) is 2.38. The lowest BCUT2D eigenvalue weighted by Crippen LogP contribution is -2.36. The van der Waals surface area contributed by atoms with Gasteiger partial charge in [0.05, 0.1) is 0 Å². The fraction of sp³-hybridized carbons (Fsp3) is 0.588. The molecule has 0 aliphatic carbocycles. The van der Waals surface area contributed by atoms with Crippen LogP contribution in [0.3, 0.4) is 0 Å². The minimum absolute atomic E-state index is 0.205. The van der Waals surface area contributed by atoms with Gasteiger partial charge in [-0.3, -0.25) is 4.79 Å². The maximum absolute atomic E-state index is 12.8. The van der Waals surface area contributed by atoms with Crippen LogP contribution in [0.2, 0.25) is 0 Å². The Bertz CT molecular complexity index is 442. The Morgan fingerprint density at radius 2 is 2.00 bits per heavy atom. The first-order valence-electron chi connectivity index (χ1n) is 7.56. The highest BCUT2D eigenvalue weighted by Crippen LogP contribution is 2.28. The lowest BCUT2D eigenvalue weighted by molar-refractivity contribution is -0.138. The van der Waals surface area contributed by atoms with E-state index in [1.807, 2.05) is 32.9 Å². The maximum atomic E-state index is 12.8. The number of carbonyl (C=O) groups excluding carboxylic acids is 1. The molecule has 1 aromatic carbocycles. The quantitative estimate of drug-likeness (QED) is 0.842. The second-order valence-electron chi connectivity index (χ2n) is 6.42. The van der Waals surface area contributed by atoms with Crippen molar-refractivity contribution in [1.82, 2.24) is 5.32 Å². The number of hydrogen-bond acceptors (Lipinski definition) is 4. The number of halogens is 1. The van der Waals surface area contributed by atoms with Crippen molar-refractivity contribution in [3.63, 3.8) is 0 Å². The van der Waals surface area contributed by atoms with Crippen LogP contribution in [0.1, 0.15) is 38.7 Å². The summed E-state index contributed by atoms with van der Waals surface area (Å²) in [6.45, 7) is 7.97. The van der Waals surface area contributed by atoms with E-state index in [9.17, 15) is 14.3 Å². The molecule has 1 saturated heterocycles. The zero-order valence-electron chi connectivity index (χ0n) is 13.5. The van der Waals surface area contributed by atoms with Gasteiger partial charge < -0.3 is 15.2 Å². The van der Waals surface area contributed by atoms with Crippen LogP contribution in [0.25, 0.3) is 0 Å². The minimum atomic E-state index is -0.318. The molecule has 2 N–H and O–H groups in total. The highest BCUT2D eigenvalue weighted by molar-refractivity contribution is 5.37. The number of benzene rings is 1. The number of aliphatic hydroxyl groups is 1. The monoisotopic (exact) mass is 311 g/mol. The molecule has 22 heavy (non-hydrogen) atoms. The summed E-state index contributed by atoms with van der Waals surface area (Å²) in [6, 6.07) is 6.60. The molecule has 1 aliphatic heterocycles. The molecule has 5 heteroatoms. The lowest BCUT2D eigenvalue weighted by Gasteiger charge is -2.31. The van der Waals surface area contributed by atoms with Crippen LogP contribution >= 0.6 is 0 Å². The van der Waals surface area contributed by atoms with Crippen LogP contribution in [0.4, 0.5) is 4.39 Å². The molecule has 0 spiro atoms. The van der Waals surface area contributed by atoms with Gasteiger partial charge >= 0.3 is 0 Å². The summed E-state index contributed by atoms with van der Waals surface area (Å²) in [6.07, 6.45) is 0.985.